The van der Waals surface area contributed by atoms with Gasteiger partial charge in [0, 0.05) is 13.0 Å². The van der Waals surface area contributed by atoms with Crippen molar-refractivity contribution in [1.82, 2.24) is 14.8 Å². The maximum atomic E-state index is 10.4. The molecule has 4 heteroatoms. The van der Waals surface area contributed by atoms with E-state index < -0.39 is 6.10 Å². The Morgan fingerprint density at radius 1 is 1.42 bits per heavy atom. The minimum Gasteiger partial charge on any atom is -0.388 e. The van der Waals surface area contributed by atoms with Gasteiger partial charge >= 0.3 is 0 Å². The number of rotatable bonds is 5. The molecule has 1 aliphatic carbocycles. The van der Waals surface area contributed by atoms with Crippen molar-refractivity contribution < 1.29 is 5.11 Å². The lowest BCUT2D eigenvalue weighted by Crippen LogP contribution is -2.09. The van der Waals surface area contributed by atoms with Crippen molar-refractivity contribution in [3.8, 4) is 0 Å². The topological polar surface area (TPSA) is 50.9 Å². The van der Waals surface area contributed by atoms with Crippen LogP contribution in [0, 0.1) is 0 Å². The normalized spacial score (nSPS) is 16.5. The average molecular weight is 257 g/mol. The van der Waals surface area contributed by atoms with Gasteiger partial charge in [0.25, 0.3) is 0 Å². The Labute approximate surface area is 113 Å². The van der Waals surface area contributed by atoms with E-state index in [0.717, 1.165) is 17.9 Å². The van der Waals surface area contributed by atoms with E-state index in [1.807, 2.05) is 23.7 Å². The molecule has 0 amide bonds. The Morgan fingerprint density at radius 3 is 3.00 bits per heavy atom. The number of benzene rings is 1. The van der Waals surface area contributed by atoms with Gasteiger partial charge in [-0.05, 0) is 36.8 Å². The molecule has 1 atom stereocenters. The lowest BCUT2D eigenvalue weighted by Gasteiger charge is -2.12. The highest BCUT2D eigenvalue weighted by Gasteiger charge is 2.24. The Kier molecular flexibility index (Phi) is 3.34. The van der Waals surface area contributed by atoms with Crippen molar-refractivity contribution in [2.75, 3.05) is 0 Å². The highest BCUT2D eigenvalue weighted by molar-refractivity contribution is 5.30. The molecule has 1 fully saturated rings. The van der Waals surface area contributed by atoms with Crippen LogP contribution in [-0.2, 0) is 13.0 Å². The monoisotopic (exact) mass is 257 g/mol. The van der Waals surface area contributed by atoms with Gasteiger partial charge in [-0.1, -0.05) is 24.3 Å². The second-order valence-corrected chi connectivity index (χ2v) is 5.16. The summed E-state index contributed by atoms with van der Waals surface area (Å²) in [6.07, 6.45) is 4.12. The van der Waals surface area contributed by atoms with E-state index in [1.165, 1.54) is 18.4 Å². The third kappa shape index (κ3) is 2.68. The molecule has 0 saturated heterocycles. The van der Waals surface area contributed by atoms with Gasteiger partial charge in [0.1, 0.15) is 12.2 Å². The van der Waals surface area contributed by atoms with Crippen molar-refractivity contribution in [1.29, 1.82) is 0 Å². The fourth-order valence-electron chi connectivity index (χ4n) is 2.44. The lowest BCUT2D eigenvalue weighted by atomic mass is 10.0. The van der Waals surface area contributed by atoms with Gasteiger partial charge in [0.2, 0.25) is 0 Å². The van der Waals surface area contributed by atoms with Gasteiger partial charge in [-0.15, -0.1) is 0 Å². The van der Waals surface area contributed by atoms with Crippen LogP contribution >= 0.6 is 0 Å². The fraction of sp³-hybridized carbons (Fsp3) is 0.467. The largest absolute Gasteiger partial charge is 0.388 e. The standard InChI is InChI=1S/C15H19N3O/c1-2-18-15(16-10-17-18)9-14(19)13-5-3-4-12(8-13)11-6-7-11/h3-5,8,10-11,14,19H,2,6-7,9H2,1H3. The van der Waals surface area contributed by atoms with Crippen LogP contribution in [-0.4, -0.2) is 19.9 Å². The molecule has 2 aromatic rings. The molecule has 1 aliphatic rings. The first-order valence-electron chi connectivity index (χ1n) is 6.92. The summed E-state index contributed by atoms with van der Waals surface area (Å²) < 4.78 is 1.83. The van der Waals surface area contributed by atoms with Crippen LogP contribution in [0.25, 0.3) is 0 Å². The first kappa shape index (κ1) is 12.4. The highest BCUT2D eigenvalue weighted by Crippen LogP contribution is 2.40. The second kappa shape index (κ2) is 5.13. The van der Waals surface area contributed by atoms with Crippen LogP contribution in [0.1, 0.15) is 48.7 Å². The van der Waals surface area contributed by atoms with Crippen LogP contribution in [0.15, 0.2) is 30.6 Å². The number of aromatic nitrogens is 3. The molecular formula is C15H19N3O. The Bertz CT molecular complexity index is 560. The summed E-state index contributed by atoms with van der Waals surface area (Å²) in [6.45, 7) is 2.81. The number of nitrogens with zero attached hydrogens (tertiary/aromatic N) is 3. The summed E-state index contributed by atoms with van der Waals surface area (Å²) in [6, 6.07) is 8.32. The Hall–Kier alpha value is -1.68. The van der Waals surface area contributed by atoms with Crippen molar-refractivity contribution in [2.45, 2.75) is 44.8 Å². The fourth-order valence-corrected chi connectivity index (χ4v) is 2.44. The van der Waals surface area contributed by atoms with Crippen molar-refractivity contribution in [3.63, 3.8) is 0 Å². The molecule has 0 radical (unpaired) electrons. The molecule has 1 saturated carbocycles. The average Bonchev–Trinajstić information content (AvgIpc) is 3.20. The highest BCUT2D eigenvalue weighted by atomic mass is 16.3. The molecule has 3 rings (SSSR count). The molecule has 1 N–H and O–H groups in total. The number of aliphatic hydroxyl groups is 1. The summed E-state index contributed by atoms with van der Waals surface area (Å²) in [4.78, 5) is 4.21. The summed E-state index contributed by atoms with van der Waals surface area (Å²) in [5.74, 6) is 1.55. The maximum Gasteiger partial charge on any atom is 0.138 e. The van der Waals surface area contributed by atoms with Gasteiger partial charge in [-0.2, -0.15) is 5.10 Å². The summed E-state index contributed by atoms with van der Waals surface area (Å²) in [5.41, 5.74) is 2.34. The second-order valence-electron chi connectivity index (χ2n) is 5.16. The Morgan fingerprint density at radius 2 is 2.26 bits per heavy atom. The van der Waals surface area contributed by atoms with Crippen molar-refractivity contribution >= 4 is 0 Å². The van der Waals surface area contributed by atoms with E-state index in [9.17, 15) is 5.11 Å². The summed E-state index contributed by atoms with van der Waals surface area (Å²) in [5, 5.41) is 14.5. The molecule has 1 aromatic heterocycles. The third-order valence-electron chi connectivity index (χ3n) is 3.72. The van der Waals surface area contributed by atoms with Crippen molar-refractivity contribution in [3.05, 3.63) is 47.5 Å². The van der Waals surface area contributed by atoms with E-state index in [0.29, 0.717) is 12.3 Å². The first-order valence-corrected chi connectivity index (χ1v) is 6.92. The smallest absolute Gasteiger partial charge is 0.138 e. The molecule has 100 valence electrons. The molecular weight excluding hydrogens is 238 g/mol. The first-order chi connectivity index (χ1) is 9.28. The summed E-state index contributed by atoms with van der Waals surface area (Å²) >= 11 is 0. The number of aryl methyl sites for hydroxylation is 1. The van der Waals surface area contributed by atoms with Gasteiger partial charge in [-0.25, -0.2) is 4.98 Å². The van der Waals surface area contributed by atoms with Crippen LogP contribution in [0.3, 0.4) is 0 Å². The molecule has 4 nitrogen and oxygen atoms in total. The van der Waals surface area contributed by atoms with Gasteiger partial charge in [-0.3, -0.25) is 4.68 Å². The third-order valence-corrected chi connectivity index (χ3v) is 3.72. The SMILES string of the molecule is CCn1ncnc1CC(O)c1cccc(C2CC2)c1. The predicted octanol–water partition coefficient (Wildman–Crippen LogP) is 2.45. The lowest BCUT2D eigenvalue weighted by molar-refractivity contribution is 0.174. The van der Waals surface area contributed by atoms with Crippen LogP contribution in [0.4, 0.5) is 0 Å². The van der Waals surface area contributed by atoms with E-state index in [1.54, 1.807) is 6.33 Å². The molecule has 19 heavy (non-hydrogen) atoms. The quantitative estimate of drug-likeness (QED) is 0.895. The van der Waals surface area contributed by atoms with Crippen LogP contribution in [0.5, 0.6) is 0 Å². The zero-order chi connectivity index (χ0) is 13.2. The number of hydrogen-bond acceptors (Lipinski definition) is 3. The van der Waals surface area contributed by atoms with Gasteiger partial charge in [0.15, 0.2) is 0 Å². The molecule has 0 bridgehead atoms. The molecule has 1 aromatic carbocycles. The molecule has 1 heterocycles. The molecule has 0 aliphatic heterocycles. The summed E-state index contributed by atoms with van der Waals surface area (Å²) in [7, 11) is 0. The number of hydrogen-bond donors (Lipinski definition) is 1. The van der Waals surface area contributed by atoms with E-state index >= 15 is 0 Å². The predicted molar refractivity (Wildman–Crippen MR) is 72.8 cm³/mol. The molecule has 0 spiro atoms. The van der Waals surface area contributed by atoms with E-state index in [-0.39, 0.29) is 0 Å². The number of aliphatic hydroxyl groups excluding tert-OH is 1. The minimum absolute atomic E-state index is 0.506. The zero-order valence-electron chi connectivity index (χ0n) is 11.2. The zero-order valence-corrected chi connectivity index (χ0v) is 11.2. The van der Waals surface area contributed by atoms with Gasteiger partial charge < -0.3 is 5.11 Å². The van der Waals surface area contributed by atoms with E-state index in [2.05, 4.69) is 22.2 Å². The van der Waals surface area contributed by atoms with Crippen LogP contribution < -0.4 is 0 Å². The van der Waals surface area contributed by atoms with Gasteiger partial charge in [0.05, 0.1) is 6.10 Å². The van der Waals surface area contributed by atoms with Crippen LogP contribution in [0.2, 0.25) is 0 Å². The minimum atomic E-state index is -0.506. The Balaban J connectivity index is 1.76. The molecule has 1 unspecified atom stereocenters. The van der Waals surface area contributed by atoms with E-state index in [4.69, 9.17) is 0 Å². The maximum absolute atomic E-state index is 10.4. The van der Waals surface area contributed by atoms with Crippen molar-refractivity contribution in [2.24, 2.45) is 0 Å².